The second kappa shape index (κ2) is 7.61. The molecule has 106 valence electrons. The Kier molecular flexibility index (Phi) is 5.80. The van der Waals surface area contributed by atoms with Gasteiger partial charge in [-0.2, -0.15) is 0 Å². The second-order valence-corrected chi connectivity index (χ2v) is 5.88. The summed E-state index contributed by atoms with van der Waals surface area (Å²) < 4.78 is 0. The highest BCUT2D eigenvalue weighted by molar-refractivity contribution is 5.14. The van der Waals surface area contributed by atoms with Crippen LogP contribution in [0, 0.1) is 0 Å². The topological polar surface area (TPSA) is 28.2 Å². The van der Waals surface area contributed by atoms with E-state index < -0.39 is 0 Å². The van der Waals surface area contributed by atoms with E-state index >= 15 is 0 Å². The summed E-state index contributed by atoms with van der Waals surface area (Å²) in [5.74, 6) is 0. The third-order valence-corrected chi connectivity index (χ3v) is 3.68. The molecule has 19 heavy (non-hydrogen) atoms. The molecular weight excluding hydrogens is 234 g/mol. The molecule has 3 heteroatoms. The Hall–Kier alpha value is -0.930. The highest BCUT2D eigenvalue weighted by Gasteiger charge is 2.09. The van der Waals surface area contributed by atoms with Gasteiger partial charge in [0, 0.05) is 25.3 Å². The van der Waals surface area contributed by atoms with Crippen LogP contribution in [0.4, 0.5) is 0 Å². The van der Waals surface area contributed by atoms with Gasteiger partial charge in [-0.15, -0.1) is 0 Å². The van der Waals surface area contributed by atoms with Gasteiger partial charge >= 0.3 is 0 Å². The molecule has 0 atom stereocenters. The summed E-state index contributed by atoms with van der Waals surface area (Å²) in [6.07, 6.45) is 7.49. The molecule has 0 bridgehead atoms. The first-order valence-corrected chi connectivity index (χ1v) is 7.63. The molecule has 1 N–H and O–H groups in total. The van der Waals surface area contributed by atoms with Crippen molar-refractivity contribution in [1.29, 1.82) is 0 Å². The van der Waals surface area contributed by atoms with Gasteiger partial charge in [-0.3, -0.25) is 9.88 Å². The summed E-state index contributed by atoms with van der Waals surface area (Å²) in [5.41, 5.74) is 2.48. The predicted molar refractivity (Wildman–Crippen MR) is 80.0 cm³/mol. The van der Waals surface area contributed by atoms with E-state index in [2.05, 4.69) is 41.2 Å². The molecule has 3 nitrogen and oxygen atoms in total. The molecule has 1 saturated heterocycles. The van der Waals surface area contributed by atoms with Crippen molar-refractivity contribution in [3.63, 3.8) is 0 Å². The van der Waals surface area contributed by atoms with Crippen LogP contribution in [0.3, 0.4) is 0 Å². The number of rotatable bonds is 5. The molecule has 0 radical (unpaired) electrons. The fraction of sp³-hybridized carbons (Fsp3) is 0.688. The number of nitrogens with one attached hydrogen (secondary N) is 1. The second-order valence-electron chi connectivity index (χ2n) is 5.88. The third kappa shape index (κ3) is 5.29. The van der Waals surface area contributed by atoms with Crippen molar-refractivity contribution in [3.05, 3.63) is 29.6 Å². The third-order valence-electron chi connectivity index (χ3n) is 3.68. The van der Waals surface area contributed by atoms with E-state index in [9.17, 15) is 0 Å². The van der Waals surface area contributed by atoms with Crippen LogP contribution in [-0.2, 0) is 13.1 Å². The molecule has 1 aromatic heterocycles. The zero-order valence-electron chi connectivity index (χ0n) is 12.4. The van der Waals surface area contributed by atoms with E-state index in [1.165, 1.54) is 50.0 Å². The summed E-state index contributed by atoms with van der Waals surface area (Å²) in [6.45, 7) is 8.73. The zero-order chi connectivity index (χ0) is 13.5. The van der Waals surface area contributed by atoms with Crippen molar-refractivity contribution in [2.45, 2.75) is 58.7 Å². The summed E-state index contributed by atoms with van der Waals surface area (Å²) in [4.78, 5) is 7.14. The molecule has 0 saturated carbocycles. The normalized spacial score (nSPS) is 17.6. The average molecular weight is 261 g/mol. The van der Waals surface area contributed by atoms with Gasteiger partial charge < -0.3 is 5.32 Å². The molecule has 0 aliphatic carbocycles. The zero-order valence-corrected chi connectivity index (χ0v) is 12.4. The maximum absolute atomic E-state index is 4.60. The molecule has 0 amide bonds. The minimum Gasteiger partial charge on any atom is -0.310 e. The van der Waals surface area contributed by atoms with E-state index in [-0.39, 0.29) is 0 Å². The Morgan fingerprint density at radius 1 is 1.16 bits per heavy atom. The highest BCUT2D eigenvalue weighted by Crippen LogP contribution is 2.12. The molecule has 2 rings (SSSR count). The fourth-order valence-electron chi connectivity index (χ4n) is 2.50. The fourth-order valence-corrected chi connectivity index (χ4v) is 2.50. The molecular formula is C16H27N3. The molecule has 1 aliphatic heterocycles. The molecule has 0 unspecified atom stereocenters. The van der Waals surface area contributed by atoms with Crippen molar-refractivity contribution in [1.82, 2.24) is 15.2 Å². The van der Waals surface area contributed by atoms with E-state index in [4.69, 9.17) is 0 Å². The highest BCUT2D eigenvalue weighted by atomic mass is 15.1. The summed E-state index contributed by atoms with van der Waals surface area (Å²) in [5, 5.41) is 3.42. The monoisotopic (exact) mass is 261 g/mol. The largest absolute Gasteiger partial charge is 0.310 e. The van der Waals surface area contributed by atoms with E-state index in [0.29, 0.717) is 6.04 Å². The maximum atomic E-state index is 4.60. The number of hydrogen-bond donors (Lipinski definition) is 1. The van der Waals surface area contributed by atoms with Crippen LogP contribution in [0.5, 0.6) is 0 Å². The molecule has 2 heterocycles. The lowest BCUT2D eigenvalue weighted by atomic mass is 10.2. The Morgan fingerprint density at radius 2 is 1.89 bits per heavy atom. The first kappa shape index (κ1) is 14.5. The van der Waals surface area contributed by atoms with Crippen LogP contribution >= 0.6 is 0 Å². The number of nitrogens with zero attached hydrogens (tertiary/aromatic N) is 2. The van der Waals surface area contributed by atoms with Gasteiger partial charge in [-0.1, -0.05) is 32.8 Å². The van der Waals surface area contributed by atoms with Crippen LogP contribution in [0.2, 0.25) is 0 Å². The maximum Gasteiger partial charge on any atom is 0.0544 e. The van der Waals surface area contributed by atoms with Gasteiger partial charge in [0.25, 0.3) is 0 Å². The number of aromatic nitrogens is 1. The van der Waals surface area contributed by atoms with Gasteiger partial charge in [0.1, 0.15) is 0 Å². The average Bonchev–Trinajstić information content (AvgIpc) is 2.66. The van der Waals surface area contributed by atoms with Crippen LogP contribution < -0.4 is 5.32 Å². The molecule has 1 fully saturated rings. The Balaban J connectivity index is 1.83. The Morgan fingerprint density at radius 3 is 2.47 bits per heavy atom. The van der Waals surface area contributed by atoms with E-state index in [1.54, 1.807) is 0 Å². The van der Waals surface area contributed by atoms with Crippen LogP contribution in [0.25, 0.3) is 0 Å². The summed E-state index contributed by atoms with van der Waals surface area (Å²) in [6, 6.07) is 4.91. The van der Waals surface area contributed by atoms with Gasteiger partial charge in [0.15, 0.2) is 0 Å². The summed E-state index contributed by atoms with van der Waals surface area (Å²) >= 11 is 0. The lowest BCUT2D eigenvalue weighted by Crippen LogP contribution is -2.24. The van der Waals surface area contributed by atoms with Crippen molar-refractivity contribution in [3.8, 4) is 0 Å². The standard InChI is InChI=1S/C16H27N3/c1-14(2)17-11-15-7-8-16(18-12-15)13-19-9-5-3-4-6-10-19/h7-8,12,14,17H,3-6,9-11,13H2,1-2H3. The van der Waals surface area contributed by atoms with Gasteiger partial charge in [0.05, 0.1) is 5.69 Å². The molecule has 0 aromatic carbocycles. The lowest BCUT2D eigenvalue weighted by Gasteiger charge is -2.19. The van der Waals surface area contributed by atoms with Crippen molar-refractivity contribution in [2.75, 3.05) is 13.1 Å². The van der Waals surface area contributed by atoms with Crippen molar-refractivity contribution < 1.29 is 0 Å². The van der Waals surface area contributed by atoms with E-state index in [1.807, 2.05) is 6.20 Å². The first-order chi connectivity index (χ1) is 9.24. The van der Waals surface area contributed by atoms with Crippen LogP contribution in [0.1, 0.15) is 50.8 Å². The first-order valence-electron chi connectivity index (χ1n) is 7.63. The number of likely N-dealkylation sites (tertiary alicyclic amines) is 1. The minimum absolute atomic E-state index is 0.525. The lowest BCUT2D eigenvalue weighted by molar-refractivity contribution is 0.273. The SMILES string of the molecule is CC(C)NCc1ccc(CN2CCCCCC2)nc1. The van der Waals surface area contributed by atoms with Crippen LogP contribution in [-0.4, -0.2) is 29.0 Å². The Bertz CT molecular complexity index is 351. The van der Waals surface area contributed by atoms with E-state index in [0.717, 1.165) is 13.1 Å². The van der Waals surface area contributed by atoms with Gasteiger partial charge in [0.2, 0.25) is 0 Å². The van der Waals surface area contributed by atoms with Crippen molar-refractivity contribution in [2.24, 2.45) is 0 Å². The summed E-state index contributed by atoms with van der Waals surface area (Å²) in [7, 11) is 0. The quantitative estimate of drug-likeness (QED) is 0.883. The molecule has 1 aromatic rings. The number of pyridine rings is 1. The Labute approximate surface area is 117 Å². The minimum atomic E-state index is 0.525. The predicted octanol–water partition coefficient (Wildman–Crippen LogP) is 2.96. The molecule has 1 aliphatic rings. The number of hydrogen-bond acceptors (Lipinski definition) is 3. The smallest absolute Gasteiger partial charge is 0.0544 e. The van der Waals surface area contributed by atoms with Crippen LogP contribution in [0.15, 0.2) is 18.3 Å². The molecule has 0 spiro atoms. The van der Waals surface area contributed by atoms with Gasteiger partial charge in [-0.25, -0.2) is 0 Å². The van der Waals surface area contributed by atoms with Crippen molar-refractivity contribution >= 4 is 0 Å². The van der Waals surface area contributed by atoms with Gasteiger partial charge in [-0.05, 0) is 37.6 Å².